The standard InChI is InChI=1S/C32H37F2NO/c1-3-19-32(33,34)23(2)24-9-13-27(14-10-24)30(36)16-15-29(25-11-12-25)26-17-20-31(22-35,21-18-26)28-7-5-4-6-8-28/h3-10,13-14,23,25-26,29H,1,11-12,15-21H2,2H3/t23-,26?,29?,31?/m1/s1. The number of hydrogen-bond acceptors (Lipinski definition) is 2. The summed E-state index contributed by atoms with van der Waals surface area (Å²) in [6.07, 6.45) is 8.55. The summed E-state index contributed by atoms with van der Waals surface area (Å²) in [4.78, 5) is 13.0. The number of rotatable bonds is 11. The monoisotopic (exact) mass is 489 g/mol. The summed E-state index contributed by atoms with van der Waals surface area (Å²) in [6.45, 7) is 4.95. The first-order valence-electron chi connectivity index (χ1n) is 13.4. The van der Waals surface area contributed by atoms with Crippen LogP contribution in [0.4, 0.5) is 8.78 Å². The number of halogens is 2. The molecule has 2 aliphatic rings. The first-order valence-corrected chi connectivity index (χ1v) is 13.4. The Hall–Kier alpha value is -2.80. The van der Waals surface area contributed by atoms with Crippen LogP contribution in [-0.4, -0.2) is 11.7 Å². The van der Waals surface area contributed by atoms with Crippen molar-refractivity contribution in [3.8, 4) is 6.07 Å². The summed E-state index contributed by atoms with van der Waals surface area (Å²) in [6, 6.07) is 19.5. The van der Waals surface area contributed by atoms with Crippen molar-refractivity contribution in [2.24, 2.45) is 17.8 Å². The fourth-order valence-corrected chi connectivity index (χ4v) is 6.18. The molecule has 4 heteroatoms. The molecule has 2 atom stereocenters. The molecule has 0 aromatic heterocycles. The summed E-state index contributed by atoms with van der Waals surface area (Å²) in [5.74, 6) is -1.91. The van der Waals surface area contributed by atoms with Gasteiger partial charge in [-0.05, 0) is 73.8 Å². The molecular weight excluding hydrogens is 452 g/mol. The van der Waals surface area contributed by atoms with E-state index in [0.29, 0.717) is 35.3 Å². The molecular formula is C32H37F2NO. The Bertz CT molecular complexity index is 1070. The van der Waals surface area contributed by atoms with Crippen LogP contribution >= 0.6 is 0 Å². The Labute approximate surface area is 214 Å². The molecule has 2 aliphatic carbocycles. The molecule has 0 spiro atoms. The number of carbonyl (C=O) groups is 1. The summed E-state index contributed by atoms with van der Waals surface area (Å²) in [7, 11) is 0. The minimum absolute atomic E-state index is 0.0872. The van der Waals surface area contributed by atoms with Gasteiger partial charge in [-0.25, -0.2) is 8.78 Å². The van der Waals surface area contributed by atoms with E-state index >= 15 is 0 Å². The van der Waals surface area contributed by atoms with Gasteiger partial charge in [0.25, 0.3) is 5.92 Å². The molecule has 2 aromatic carbocycles. The van der Waals surface area contributed by atoms with Crippen molar-refractivity contribution in [1.29, 1.82) is 5.26 Å². The van der Waals surface area contributed by atoms with E-state index in [1.165, 1.54) is 25.8 Å². The first kappa shape index (κ1) is 26.3. The van der Waals surface area contributed by atoms with Crippen LogP contribution in [0, 0.1) is 29.1 Å². The fourth-order valence-electron chi connectivity index (χ4n) is 6.18. The van der Waals surface area contributed by atoms with E-state index in [-0.39, 0.29) is 17.6 Å². The van der Waals surface area contributed by atoms with Gasteiger partial charge in [0.1, 0.15) is 0 Å². The zero-order valence-electron chi connectivity index (χ0n) is 21.3. The van der Waals surface area contributed by atoms with Gasteiger partial charge in [0.2, 0.25) is 0 Å². The van der Waals surface area contributed by atoms with Crippen LogP contribution in [0.25, 0.3) is 0 Å². The van der Waals surface area contributed by atoms with Gasteiger partial charge in [-0.3, -0.25) is 4.79 Å². The van der Waals surface area contributed by atoms with Gasteiger partial charge in [-0.15, -0.1) is 6.58 Å². The average Bonchev–Trinajstić information content (AvgIpc) is 3.75. The highest BCUT2D eigenvalue weighted by molar-refractivity contribution is 5.96. The lowest BCUT2D eigenvalue weighted by atomic mass is 9.64. The van der Waals surface area contributed by atoms with Gasteiger partial charge in [-0.1, -0.05) is 67.6 Å². The largest absolute Gasteiger partial charge is 0.294 e. The second kappa shape index (κ2) is 11.1. The minimum atomic E-state index is -2.85. The number of Topliss-reactive ketones (excluding diaryl/α,β-unsaturated/α-hetero) is 1. The second-order valence-electron chi connectivity index (χ2n) is 11.0. The number of benzene rings is 2. The summed E-state index contributed by atoms with van der Waals surface area (Å²) < 4.78 is 28.5. The molecule has 2 saturated carbocycles. The number of carbonyl (C=O) groups excluding carboxylic acids is 1. The number of nitrogens with zero attached hydrogens (tertiary/aromatic N) is 1. The third-order valence-electron chi connectivity index (χ3n) is 8.74. The van der Waals surface area contributed by atoms with Crippen molar-refractivity contribution < 1.29 is 13.6 Å². The summed E-state index contributed by atoms with van der Waals surface area (Å²) >= 11 is 0. The molecule has 1 unspecified atom stereocenters. The average molecular weight is 490 g/mol. The predicted molar refractivity (Wildman–Crippen MR) is 140 cm³/mol. The topological polar surface area (TPSA) is 40.9 Å². The highest BCUT2D eigenvalue weighted by Crippen LogP contribution is 2.50. The van der Waals surface area contributed by atoms with Gasteiger partial charge in [0.15, 0.2) is 5.78 Å². The smallest absolute Gasteiger partial charge is 0.257 e. The first-order chi connectivity index (χ1) is 17.3. The van der Waals surface area contributed by atoms with Crippen LogP contribution in [0.3, 0.4) is 0 Å². The lowest BCUT2D eigenvalue weighted by Gasteiger charge is -2.39. The molecule has 0 amide bonds. The van der Waals surface area contributed by atoms with E-state index in [0.717, 1.165) is 37.7 Å². The van der Waals surface area contributed by atoms with Crippen molar-refractivity contribution in [2.75, 3.05) is 0 Å². The summed E-state index contributed by atoms with van der Waals surface area (Å²) in [5, 5.41) is 10.0. The molecule has 2 aromatic rings. The maximum atomic E-state index is 14.2. The van der Waals surface area contributed by atoms with Crippen LogP contribution in [0.5, 0.6) is 0 Å². The van der Waals surface area contributed by atoms with Crippen molar-refractivity contribution in [3.05, 3.63) is 83.9 Å². The molecule has 0 bridgehead atoms. The van der Waals surface area contributed by atoms with Gasteiger partial charge in [-0.2, -0.15) is 5.26 Å². The lowest BCUT2D eigenvalue weighted by Crippen LogP contribution is -2.33. The van der Waals surface area contributed by atoms with Crippen LogP contribution in [-0.2, 0) is 5.41 Å². The number of hydrogen-bond donors (Lipinski definition) is 0. The van der Waals surface area contributed by atoms with E-state index in [2.05, 4.69) is 24.8 Å². The molecule has 0 radical (unpaired) electrons. The molecule has 36 heavy (non-hydrogen) atoms. The zero-order valence-corrected chi connectivity index (χ0v) is 21.3. The number of alkyl halides is 2. The maximum absolute atomic E-state index is 14.2. The molecule has 0 saturated heterocycles. The van der Waals surface area contributed by atoms with Crippen molar-refractivity contribution in [2.45, 2.75) is 82.0 Å². The number of ketones is 1. The van der Waals surface area contributed by atoms with Gasteiger partial charge in [0.05, 0.1) is 11.5 Å². The van der Waals surface area contributed by atoms with Gasteiger partial charge < -0.3 is 0 Å². The van der Waals surface area contributed by atoms with Gasteiger partial charge >= 0.3 is 0 Å². The molecule has 4 rings (SSSR count). The fraction of sp³-hybridized carbons (Fsp3) is 0.500. The molecule has 190 valence electrons. The highest BCUT2D eigenvalue weighted by atomic mass is 19.3. The third-order valence-corrected chi connectivity index (χ3v) is 8.74. The number of nitriles is 1. The SMILES string of the molecule is C=CCC(F)(F)[C@H](C)c1ccc(C(=O)CCC(C2CC2)C2CCC(C#N)(c3ccccc3)CC2)cc1. The van der Waals surface area contributed by atoms with E-state index in [1.54, 1.807) is 24.3 Å². The molecule has 0 heterocycles. The van der Waals surface area contributed by atoms with E-state index < -0.39 is 11.8 Å². The van der Waals surface area contributed by atoms with E-state index in [9.17, 15) is 18.8 Å². The van der Waals surface area contributed by atoms with Crippen LogP contribution in [0.2, 0.25) is 0 Å². The third kappa shape index (κ3) is 5.77. The van der Waals surface area contributed by atoms with Crippen molar-refractivity contribution in [1.82, 2.24) is 0 Å². The van der Waals surface area contributed by atoms with E-state index in [4.69, 9.17) is 0 Å². The molecule has 2 fully saturated rings. The molecule has 0 aliphatic heterocycles. The molecule has 2 nitrogen and oxygen atoms in total. The minimum Gasteiger partial charge on any atom is -0.294 e. The van der Waals surface area contributed by atoms with E-state index in [1.807, 2.05) is 18.2 Å². The van der Waals surface area contributed by atoms with Crippen LogP contribution in [0.1, 0.15) is 92.1 Å². The summed E-state index contributed by atoms with van der Waals surface area (Å²) in [5.41, 5.74) is 1.88. The Morgan fingerprint density at radius 2 is 1.69 bits per heavy atom. The van der Waals surface area contributed by atoms with Crippen LogP contribution < -0.4 is 0 Å². The van der Waals surface area contributed by atoms with Crippen molar-refractivity contribution >= 4 is 5.78 Å². The Morgan fingerprint density at radius 3 is 2.25 bits per heavy atom. The quantitative estimate of drug-likeness (QED) is 0.234. The predicted octanol–water partition coefficient (Wildman–Crippen LogP) is 8.64. The van der Waals surface area contributed by atoms with Crippen molar-refractivity contribution in [3.63, 3.8) is 0 Å². The molecule has 0 N–H and O–H groups in total. The normalized spacial score (nSPS) is 23.9. The lowest BCUT2D eigenvalue weighted by molar-refractivity contribution is -0.0191. The Balaban J connectivity index is 1.35. The number of allylic oxidation sites excluding steroid dienone is 1. The van der Waals surface area contributed by atoms with Gasteiger partial charge in [0, 0.05) is 24.3 Å². The second-order valence-corrected chi connectivity index (χ2v) is 11.0. The Morgan fingerprint density at radius 1 is 1.08 bits per heavy atom. The zero-order chi connectivity index (χ0) is 25.8. The highest BCUT2D eigenvalue weighted by Gasteiger charge is 2.43. The maximum Gasteiger partial charge on any atom is 0.257 e. The Kier molecular flexibility index (Phi) is 8.08. The van der Waals surface area contributed by atoms with Crippen LogP contribution in [0.15, 0.2) is 67.3 Å².